The van der Waals surface area contributed by atoms with Crippen molar-refractivity contribution in [1.29, 1.82) is 0 Å². The highest BCUT2D eigenvalue weighted by molar-refractivity contribution is 6.08. The van der Waals surface area contributed by atoms with Crippen molar-refractivity contribution in [3.63, 3.8) is 0 Å². The van der Waals surface area contributed by atoms with Gasteiger partial charge in [0.1, 0.15) is 0 Å². The summed E-state index contributed by atoms with van der Waals surface area (Å²) in [5.74, 6) is 0. The maximum Gasteiger partial charge on any atom is 0.0709 e. The highest BCUT2D eigenvalue weighted by Gasteiger charge is 2.09. The number of aliphatic imine (C=N–C) groups is 2. The second-order valence-corrected chi connectivity index (χ2v) is 9.78. The van der Waals surface area contributed by atoms with Gasteiger partial charge >= 0.3 is 0 Å². The molecule has 0 radical (unpaired) electrons. The van der Waals surface area contributed by atoms with Crippen molar-refractivity contribution < 1.29 is 0 Å². The van der Waals surface area contributed by atoms with Gasteiger partial charge in [-0.2, -0.15) is 0 Å². The van der Waals surface area contributed by atoms with E-state index in [-0.39, 0.29) is 0 Å². The first kappa shape index (κ1) is 22.3. The number of hydrogen-bond donors (Lipinski definition) is 2. The summed E-state index contributed by atoms with van der Waals surface area (Å²) in [7, 11) is 0. The molecule has 38 heavy (non-hydrogen) atoms. The van der Waals surface area contributed by atoms with Gasteiger partial charge in [-0.15, -0.1) is 0 Å². The van der Waals surface area contributed by atoms with Crippen LogP contribution >= 0.6 is 0 Å². The van der Waals surface area contributed by atoms with Crippen molar-refractivity contribution in [2.45, 2.75) is 13.8 Å². The summed E-state index contributed by atoms with van der Waals surface area (Å²) < 4.78 is 0. The number of rotatable bonds is 4. The lowest BCUT2D eigenvalue weighted by molar-refractivity contribution is 1.38. The van der Waals surface area contributed by atoms with Gasteiger partial charge in [0.05, 0.1) is 35.2 Å². The van der Waals surface area contributed by atoms with Gasteiger partial charge in [-0.1, -0.05) is 60.7 Å². The van der Waals surface area contributed by atoms with E-state index in [2.05, 4.69) is 121 Å². The molecule has 0 aliphatic carbocycles. The number of benzene rings is 5. The summed E-state index contributed by atoms with van der Waals surface area (Å²) in [4.78, 5) is 16.8. The van der Waals surface area contributed by atoms with Gasteiger partial charge in [0.15, 0.2) is 0 Å². The van der Waals surface area contributed by atoms with Crippen molar-refractivity contribution in [2.75, 3.05) is 0 Å². The number of nitrogens with zero attached hydrogens (tertiary/aromatic N) is 2. The largest absolute Gasteiger partial charge is 0.354 e. The van der Waals surface area contributed by atoms with Gasteiger partial charge in [0.25, 0.3) is 0 Å². The molecular formula is C34H26N4. The number of nitrogens with one attached hydrogen (secondary N) is 2. The smallest absolute Gasteiger partial charge is 0.0709 e. The molecule has 0 spiro atoms. The molecule has 0 fully saturated rings. The Labute approximate surface area is 220 Å². The standard InChI is InChI=1S/C34H26N4/c1-21-25-11-3-5-13-31(25)37-33(21)19-35-29-15-7-9-23-17-24-10-8-16-30(28(24)18-27(23)29)36-20-34-22(2)26-12-4-6-14-32(26)38-34/h3-20,37-38H,1-2H3. The van der Waals surface area contributed by atoms with Crippen molar-refractivity contribution in [2.24, 2.45) is 9.98 Å². The highest BCUT2D eigenvalue weighted by Crippen LogP contribution is 2.35. The first-order valence-electron chi connectivity index (χ1n) is 12.8. The average Bonchev–Trinajstić information content (AvgIpc) is 3.45. The Balaban J connectivity index is 1.32. The molecule has 4 nitrogen and oxygen atoms in total. The van der Waals surface area contributed by atoms with Gasteiger partial charge in [0, 0.05) is 32.6 Å². The van der Waals surface area contributed by atoms with E-state index in [0.717, 1.165) is 55.3 Å². The van der Waals surface area contributed by atoms with Crippen LogP contribution in [0.4, 0.5) is 11.4 Å². The molecule has 2 heterocycles. The zero-order valence-corrected chi connectivity index (χ0v) is 21.3. The zero-order valence-electron chi connectivity index (χ0n) is 21.3. The van der Waals surface area contributed by atoms with Crippen LogP contribution in [0.5, 0.6) is 0 Å². The van der Waals surface area contributed by atoms with Crippen LogP contribution in [-0.4, -0.2) is 22.4 Å². The number of hydrogen-bond acceptors (Lipinski definition) is 2. The van der Waals surface area contributed by atoms with Crippen LogP contribution in [-0.2, 0) is 0 Å². The van der Waals surface area contributed by atoms with E-state index in [1.807, 2.05) is 12.4 Å². The molecule has 0 atom stereocenters. The second kappa shape index (κ2) is 8.86. The van der Waals surface area contributed by atoms with Gasteiger partial charge in [-0.25, -0.2) is 0 Å². The van der Waals surface area contributed by atoms with E-state index in [0.29, 0.717) is 0 Å². The lowest BCUT2D eigenvalue weighted by atomic mass is 10.0. The van der Waals surface area contributed by atoms with E-state index < -0.39 is 0 Å². The number of aromatic nitrogens is 2. The van der Waals surface area contributed by atoms with Gasteiger partial charge in [0.2, 0.25) is 0 Å². The first-order chi connectivity index (χ1) is 18.7. The fourth-order valence-electron chi connectivity index (χ4n) is 5.38. The predicted molar refractivity (Wildman–Crippen MR) is 162 cm³/mol. The zero-order chi connectivity index (χ0) is 25.6. The third-order valence-corrected chi connectivity index (χ3v) is 7.51. The number of H-pyrrole nitrogens is 2. The molecule has 182 valence electrons. The minimum absolute atomic E-state index is 0.938. The molecule has 0 saturated carbocycles. The summed E-state index contributed by atoms with van der Waals surface area (Å²) in [5.41, 5.74) is 8.61. The number of fused-ring (bicyclic) bond motifs is 4. The minimum Gasteiger partial charge on any atom is -0.354 e. The molecule has 2 N–H and O–H groups in total. The average molecular weight is 491 g/mol. The monoisotopic (exact) mass is 490 g/mol. The summed E-state index contributed by atoms with van der Waals surface area (Å²) in [6.45, 7) is 4.27. The number of aromatic amines is 2. The van der Waals surface area contributed by atoms with Crippen LogP contribution in [0.15, 0.2) is 107 Å². The maximum atomic E-state index is 4.93. The Morgan fingerprint density at radius 3 is 1.45 bits per heavy atom. The topological polar surface area (TPSA) is 56.3 Å². The fraction of sp³-hybridized carbons (Fsp3) is 0.0588. The van der Waals surface area contributed by atoms with Crippen LogP contribution < -0.4 is 0 Å². The fourth-order valence-corrected chi connectivity index (χ4v) is 5.38. The summed E-state index contributed by atoms with van der Waals surface area (Å²) in [5, 5.41) is 6.99. The molecule has 0 aliphatic heterocycles. The lowest BCUT2D eigenvalue weighted by Gasteiger charge is -2.07. The van der Waals surface area contributed by atoms with Gasteiger partial charge in [-0.3, -0.25) is 9.98 Å². The second-order valence-electron chi connectivity index (χ2n) is 9.78. The van der Waals surface area contributed by atoms with E-state index in [9.17, 15) is 0 Å². The molecule has 2 aromatic heterocycles. The third-order valence-electron chi connectivity index (χ3n) is 7.51. The van der Waals surface area contributed by atoms with Crippen molar-refractivity contribution in [3.8, 4) is 0 Å². The Hall–Kier alpha value is -4.96. The molecule has 0 unspecified atom stereocenters. The van der Waals surface area contributed by atoms with Gasteiger partial charge in [-0.05, 0) is 72.1 Å². The molecule has 5 aromatic carbocycles. The summed E-state index contributed by atoms with van der Waals surface area (Å²) >= 11 is 0. The normalized spacial score (nSPS) is 12.3. The van der Waals surface area contributed by atoms with Crippen LogP contribution in [0.3, 0.4) is 0 Å². The molecule has 0 bridgehead atoms. The molecular weight excluding hydrogens is 464 g/mol. The number of aryl methyl sites for hydroxylation is 2. The summed E-state index contributed by atoms with van der Waals surface area (Å²) in [6, 6.07) is 33.7. The molecule has 0 saturated heterocycles. The van der Waals surface area contributed by atoms with Crippen LogP contribution in [0, 0.1) is 13.8 Å². The maximum absolute atomic E-state index is 4.93. The van der Waals surface area contributed by atoms with E-state index >= 15 is 0 Å². The Bertz CT molecular complexity index is 1910. The van der Waals surface area contributed by atoms with Crippen molar-refractivity contribution in [3.05, 3.63) is 120 Å². The SMILES string of the molecule is Cc1c(C=Nc2cccc3cc4cccc(N=Cc5[nH]c6ccccc6c5C)c4cc23)[nH]c2ccccc12. The van der Waals surface area contributed by atoms with E-state index in [4.69, 9.17) is 9.98 Å². The molecule has 0 aliphatic rings. The van der Waals surface area contributed by atoms with Crippen LogP contribution in [0.2, 0.25) is 0 Å². The van der Waals surface area contributed by atoms with Crippen molar-refractivity contribution in [1.82, 2.24) is 9.97 Å². The van der Waals surface area contributed by atoms with E-state index in [1.165, 1.54) is 21.9 Å². The Kier molecular flexibility index (Phi) is 5.19. The third kappa shape index (κ3) is 3.70. The van der Waals surface area contributed by atoms with Gasteiger partial charge < -0.3 is 9.97 Å². The minimum atomic E-state index is 0.938. The Morgan fingerprint density at radius 2 is 0.974 bits per heavy atom. The Morgan fingerprint density at radius 1 is 0.500 bits per heavy atom. The van der Waals surface area contributed by atoms with Crippen molar-refractivity contribution >= 4 is 67.2 Å². The number of para-hydroxylation sites is 2. The quantitative estimate of drug-likeness (QED) is 0.183. The molecule has 4 heteroatoms. The molecule has 7 rings (SSSR count). The molecule has 0 amide bonds. The van der Waals surface area contributed by atoms with Crippen LogP contribution in [0.1, 0.15) is 22.5 Å². The van der Waals surface area contributed by atoms with Crippen LogP contribution in [0.25, 0.3) is 43.4 Å². The highest BCUT2D eigenvalue weighted by atomic mass is 14.8. The lowest BCUT2D eigenvalue weighted by Crippen LogP contribution is -1.85. The first-order valence-corrected chi connectivity index (χ1v) is 12.8. The summed E-state index contributed by atoms with van der Waals surface area (Å²) in [6.07, 6.45) is 3.88. The predicted octanol–water partition coefficient (Wildman–Crippen LogP) is 9.07. The van der Waals surface area contributed by atoms with E-state index in [1.54, 1.807) is 0 Å². The molecule has 7 aromatic rings.